The van der Waals surface area contributed by atoms with Crippen molar-refractivity contribution in [2.45, 2.75) is 31.8 Å². The van der Waals surface area contributed by atoms with Gasteiger partial charge in [-0.2, -0.15) is 5.10 Å². The predicted octanol–water partition coefficient (Wildman–Crippen LogP) is 0.862. The average Bonchev–Trinajstić information content (AvgIpc) is 2.57. The minimum atomic E-state index is -1.00. The molecule has 1 aromatic carbocycles. The second-order valence-electron chi connectivity index (χ2n) is 5.63. The largest absolute Gasteiger partial charge is 0.480 e. The zero-order valence-electron chi connectivity index (χ0n) is 12.5. The first-order valence-corrected chi connectivity index (χ1v) is 7.55. The molecule has 1 atom stereocenters. The van der Waals surface area contributed by atoms with Crippen LogP contribution in [0.15, 0.2) is 35.3 Å². The maximum atomic E-state index is 12.4. The SMILES string of the molecule is O=C(O)C1CCCCN1C(=O)Cn1ncc2ccccc2c1=O. The number of amides is 1. The monoisotopic (exact) mass is 315 g/mol. The molecule has 23 heavy (non-hydrogen) atoms. The summed E-state index contributed by atoms with van der Waals surface area (Å²) in [6.07, 6.45) is 3.54. The van der Waals surface area contributed by atoms with Gasteiger partial charge < -0.3 is 10.0 Å². The van der Waals surface area contributed by atoms with Crippen molar-refractivity contribution in [3.05, 3.63) is 40.8 Å². The summed E-state index contributed by atoms with van der Waals surface area (Å²) in [6.45, 7) is 0.158. The Morgan fingerprint density at radius 3 is 2.83 bits per heavy atom. The van der Waals surface area contributed by atoms with Gasteiger partial charge in [0.25, 0.3) is 5.56 Å². The number of carbonyl (C=O) groups excluding carboxylic acids is 1. The van der Waals surface area contributed by atoms with Crippen molar-refractivity contribution in [3.63, 3.8) is 0 Å². The van der Waals surface area contributed by atoms with Gasteiger partial charge >= 0.3 is 5.97 Å². The first kappa shape index (κ1) is 15.2. The summed E-state index contributed by atoms with van der Waals surface area (Å²) >= 11 is 0. The van der Waals surface area contributed by atoms with E-state index in [-0.39, 0.29) is 18.0 Å². The van der Waals surface area contributed by atoms with Crippen LogP contribution in [0.4, 0.5) is 0 Å². The molecule has 0 bridgehead atoms. The van der Waals surface area contributed by atoms with Gasteiger partial charge in [-0.05, 0) is 25.3 Å². The number of aromatic nitrogens is 2. The molecule has 1 fully saturated rings. The summed E-state index contributed by atoms with van der Waals surface area (Å²) in [5.41, 5.74) is -0.347. The number of carboxylic acids is 1. The van der Waals surface area contributed by atoms with E-state index in [1.807, 2.05) is 6.07 Å². The van der Waals surface area contributed by atoms with E-state index in [9.17, 15) is 19.5 Å². The fraction of sp³-hybridized carbons (Fsp3) is 0.375. The Labute approximate surface area is 132 Å². The first-order valence-electron chi connectivity index (χ1n) is 7.55. The second-order valence-corrected chi connectivity index (χ2v) is 5.63. The third-order valence-corrected chi connectivity index (χ3v) is 4.16. The second kappa shape index (κ2) is 6.20. The minimum absolute atomic E-state index is 0.243. The topological polar surface area (TPSA) is 92.5 Å². The van der Waals surface area contributed by atoms with Gasteiger partial charge in [0.2, 0.25) is 5.91 Å². The smallest absolute Gasteiger partial charge is 0.326 e. The molecule has 7 heteroatoms. The Hall–Kier alpha value is -2.70. The average molecular weight is 315 g/mol. The van der Waals surface area contributed by atoms with Gasteiger partial charge in [0.15, 0.2) is 0 Å². The lowest BCUT2D eigenvalue weighted by atomic mass is 10.0. The number of likely N-dealkylation sites (tertiary alicyclic amines) is 1. The zero-order valence-corrected chi connectivity index (χ0v) is 12.5. The van der Waals surface area contributed by atoms with Crippen molar-refractivity contribution in [2.24, 2.45) is 0 Å². The van der Waals surface area contributed by atoms with E-state index in [2.05, 4.69) is 5.10 Å². The summed E-state index contributed by atoms with van der Waals surface area (Å²) in [6, 6.07) is 6.21. The van der Waals surface area contributed by atoms with E-state index in [0.29, 0.717) is 23.7 Å². The molecule has 1 aliphatic heterocycles. The molecular weight excluding hydrogens is 298 g/mol. The normalized spacial score (nSPS) is 18.1. The Morgan fingerprint density at radius 2 is 2.04 bits per heavy atom. The summed E-state index contributed by atoms with van der Waals surface area (Å²) in [5.74, 6) is -1.39. The molecule has 3 rings (SSSR count). The Bertz CT molecular complexity index is 814. The number of carbonyl (C=O) groups is 2. The molecule has 2 aromatic rings. The summed E-state index contributed by atoms with van der Waals surface area (Å²) in [7, 11) is 0. The van der Waals surface area contributed by atoms with Crippen molar-refractivity contribution >= 4 is 22.6 Å². The van der Waals surface area contributed by atoms with Crippen LogP contribution in [0.5, 0.6) is 0 Å². The molecule has 0 saturated carbocycles. The van der Waals surface area contributed by atoms with E-state index < -0.39 is 12.0 Å². The quantitative estimate of drug-likeness (QED) is 0.907. The number of fused-ring (bicyclic) bond motifs is 1. The molecule has 0 spiro atoms. The van der Waals surface area contributed by atoms with Crippen LogP contribution in [-0.4, -0.2) is 44.3 Å². The molecule has 2 heterocycles. The van der Waals surface area contributed by atoms with Gasteiger partial charge in [-0.25, -0.2) is 9.48 Å². The molecule has 0 radical (unpaired) electrons. The molecule has 1 N–H and O–H groups in total. The molecule has 120 valence electrons. The Kier molecular flexibility index (Phi) is 4.10. The number of rotatable bonds is 3. The predicted molar refractivity (Wildman–Crippen MR) is 83.0 cm³/mol. The number of benzene rings is 1. The molecule has 1 aliphatic rings. The zero-order chi connectivity index (χ0) is 16.4. The highest BCUT2D eigenvalue weighted by atomic mass is 16.4. The van der Waals surface area contributed by atoms with Crippen LogP contribution in [0.2, 0.25) is 0 Å². The minimum Gasteiger partial charge on any atom is -0.480 e. The van der Waals surface area contributed by atoms with Crippen molar-refractivity contribution in [1.82, 2.24) is 14.7 Å². The highest BCUT2D eigenvalue weighted by Crippen LogP contribution is 2.17. The summed E-state index contributed by atoms with van der Waals surface area (Å²) in [4.78, 5) is 37.4. The Balaban J connectivity index is 1.86. The van der Waals surface area contributed by atoms with Crippen LogP contribution < -0.4 is 5.56 Å². The number of aliphatic carboxylic acids is 1. The van der Waals surface area contributed by atoms with Crippen molar-refractivity contribution < 1.29 is 14.7 Å². The third kappa shape index (κ3) is 2.94. The molecule has 7 nitrogen and oxygen atoms in total. The van der Waals surface area contributed by atoms with Crippen LogP contribution in [0, 0.1) is 0 Å². The van der Waals surface area contributed by atoms with Crippen LogP contribution in [-0.2, 0) is 16.1 Å². The van der Waals surface area contributed by atoms with E-state index in [4.69, 9.17) is 0 Å². The molecule has 1 saturated heterocycles. The number of hydrogen-bond acceptors (Lipinski definition) is 4. The fourth-order valence-electron chi connectivity index (χ4n) is 2.95. The van der Waals surface area contributed by atoms with Gasteiger partial charge in [0.05, 0.1) is 11.6 Å². The fourth-order valence-corrected chi connectivity index (χ4v) is 2.95. The molecule has 1 aromatic heterocycles. The van der Waals surface area contributed by atoms with Crippen LogP contribution in [0.1, 0.15) is 19.3 Å². The van der Waals surface area contributed by atoms with Gasteiger partial charge in [0, 0.05) is 11.9 Å². The molecular formula is C16H17N3O4. The van der Waals surface area contributed by atoms with Gasteiger partial charge in [-0.3, -0.25) is 9.59 Å². The van der Waals surface area contributed by atoms with Gasteiger partial charge in [-0.1, -0.05) is 18.2 Å². The van der Waals surface area contributed by atoms with Crippen LogP contribution in [0.3, 0.4) is 0 Å². The number of hydrogen-bond donors (Lipinski definition) is 1. The molecule has 1 unspecified atom stereocenters. The van der Waals surface area contributed by atoms with E-state index in [0.717, 1.165) is 17.5 Å². The lowest BCUT2D eigenvalue weighted by Crippen LogP contribution is -2.49. The van der Waals surface area contributed by atoms with Crippen LogP contribution in [0.25, 0.3) is 10.8 Å². The maximum absolute atomic E-state index is 12.4. The number of carboxylic acid groups (broad SMARTS) is 1. The lowest BCUT2D eigenvalue weighted by Gasteiger charge is -2.32. The van der Waals surface area contributed by atoms with E-state index >= 15 is 0 Å². The van der Waals surface area contributed by atoms with Gasteiger partial charge in [0.1, 0.15) is 12.6 Å². The lowest BCUT2D eigenvalue weighted by molar-refractivity contribution is -0.152. The van der Waals surface area contributed by atoms with E-state index in [1.165, 1.54) is 11.1 Å². The van der Waals surface area contributed by atoms with Crippen molar-refractivity contribution in [1.29, 1.82) is 0 Å². The van der Waals surface area contributed by atoms with Crippen molar-refractivity contribution in [3.8, 4) is 0 Å². The maximum Gasteiger partial charge on any atom is 0.326 e. The number of nitrogens with zero attached hydrogens (tertiary/aromatic N) is 3. The Morgan fingerprint density at radius 1 is 1.26 bits per heavy atom. The standard InChI is InChI=1S/C16H17N3O4/c20-14(18-8-4-3-7-13(18)16(22)23)10-19-15(21)12-6-2-1-5-11(12)9-17-19/h1-2,5-6,9,13H,3-4,7-8,10H2,(H,22,23). The highest BCUT2D eigenvalue weighted by Gasteiger charge is 2.32. The third-order valence-electron chi connectivity index (χ3n) is 4.16. The van der Waals surface area contributed by atoms with E-state index in [1.54, 1.807) is 18.2 Å². The van der Waals surface area contributed by atoms with Crippen LogP contribution >= 0.6 is 0 Å². The van der Waals surface area contributed by atoms with Gasteiger partial charge in [-0.15, -0.1) is 0 Å². The first-order chi connectivity index (χ1) is 11.1. The molecule has 0 aliphatic carbocycles. The van der Waals surface area contributed by atoms with Crippen molar-refractivity contribution in [2.75, 3.05) is 6.54 Å². The summed E-state index contributed by atoms with van der Waals surface area (Å²) in [5, 5.41) is 14.5. The highest BCUT2D eigenvalue weighted by molar-refractivity contribution is 5.84. The molecule has 1 amide bonds. The number of piperidine rings is 1. The summed E-state index contributed by atoms with van der Waals surface area (Å²) < 4.78 is 1.10.